The fraction of sp³-hybridized carbons (Fsp3) is 0.571. The topological polar surface area (TPSA) is 0 Å². The van der Waals surface area contributed by atoms with Crippen LogP contribution >= 0.6 is 11.6 Å². The molecule has 1 aliphatic carbocycles. The summed E-state index contributed by atoms with van der Waals surface area (Å²) in [5, 5.41) is 0.0544. The van der Waals surface area contributed by atoms with E-state index in [1.165, 1.54) is 50.7 Å². The molecule has 0 nitrogen and oxygen atoms in total. The van der Waals surface area contributed by atoms with E-state index in [0.29, 0.717) is 5.92 Å². The highest BCUT2D eigenvalue weighted by Crippen LogP contribution is 2.37. The summed E-state index contributed by atoms with van der Waals surface area (Å²) in [7, 11) is 0. The Bertz CT molecular complexity index is 312. The first kappa shape index (κ1) is 11.9. The van der Waals surface area contributed by atoms with Crippen molar-refractivity contribution >= 4 is 11.6 Å². The van der Waals surface area contributed by atoms with Gasteiger partial charge in [0.1, 0.15) is 5.82 Å². The van der Waals surface area contributed by atoms with Crippen LogP contribution in [0.5, 0.6) is 0 Å². The molecule has 0 amide bonds. The Labute approximate surface area is 102 Å². The third-order valence-electron chi connectivity index (χ3n) is 3.50. The van der Waals surface area contributed by atoms with Gasteiger partial charge in [0.25, 0.3) is 0 Å². The number of halogens is 2. The zero-order valence-electron chi connectivity index (χ0n) is 9.46. The van der Waals surface area contributed by atoms with Gasteiger partial charge in [-0.2, -0.15) is 0 Å². The van der Waals surface area contributed by atoms with Gasteiger partial charge in [0.05, 0.1) is 5.38 Å². The summed E-state index contributed by atoms with van der Waals surface area (Å²) in [6.45, 7) is 0. The highest BCUT2D eigenvalue weighted by molar-refractivity contribution is 6.21. The summed E-state index contributed by atoms with van der Waals surface area (Å²) in [6.07, 6.45) is 7.67. The van der Waals surface area contributed by atoms with Gasteiger partial charge in [0.15, 0.2) is 0 Å². The van der Waals surface area contributed by atoms with Crippen LogP contribution in [0.3, 0.4) is 0 Å². The minimum absolute atomic E-state index is 0.0544. The Morgan fingerprint density at radius 3 is 2.12 bits per heavy atom. The molecular weight excluding hydrogens is 223 g/mol. The lowest BCUT2D eigenvalue weighted by Crippen LogP contribution is -2.07. The zero-order valence-corrected chi connectivity index (χ0v) is 10.2. The molecule has 1 atom stereocenters. The minimum Gasteiger partial charge on any atom is -0.207 e. The van der Waals surface area contributed by atoms with E-state index in [9.17, 15) is 4.39 Å². The van der Waals surface area contributed by atoms with Crippen molar-refractivity contribution in [3.05, 3.63) is 35.6 Å². The molecule has 0 heterocycles. The quantitative estimate of drug-likeness (QED) is 0.500. The predicted molar refractivity (Wildman–Crippen MR) is 66.2 cm³/mol. The third kappa shape index (κ3) is 2.98. The Kier molecular flexibility index (Phi) is 4.22. The second kappa shape index (κ2) is 5.67. The van der Waals surface area contributed by atoms with Crippen LogP contribution in [-0.4, -0.2) is 0 Å². The fourth-order valence-corrected chi connectivity index (χ4v) is 2.92. The number of rotatable bonds is 2. The first-order valence-corrected chi connectivity index (χ1v) is 6.60. The number of benzene rings is 1. The first-order chi connectivity index (χ1) is 7.77. The Hall–Kier alpha value is -0.560. The SMILES string of the molecule is Fc1ccc(C(Cl)C2CCCCCC2)cc1. The maximum absolute atomic E-state index is 12.8. The van der Waals surface area contributed by atoms with Crippen molar-refractivity contribution in [3.63, 3.8) is 0 Å². The molecule has 1 aromatic carbocycles. The van der Waals surface area contributed by atoms with Crippen LogP contribution in [0.1, 0.15) is 49.5 Å². The van der Waals surface area contributed by atoms with Gasteiger partial charge in [0, 0.05) is 0 Å². The molecule has 0 aliphatic heterocycles. The predicted octanol–water partition coefficient (Wildman–Crippen LogP) is 5.08. The molecule has 16 heavy (non-hydrogen) atoms. The molecule has 1 fully saturated rings. The first-order valence-electron chi connectivity index (χ1n) is 6.17. The van der Waals surface area contributed by atoms with Crippen LogP contribution in [0, 0.1) is 11.7 Å². The van der Waals surface area contributed by atoms with Crippen LogP contribution in [0.2, 0.25) is 0 Å². The zero-order chi connectivity index (χ0) is 11.4. The summed E-state index contributed by atoms with van der Waals surface area (Å²) in [4.78, 5) is 0. The lowest BCUT2D eigenvalue weighted by atomic mass is 9.92. The van der Waals surface area contributed by atoms with Gasteiger partial charge in [-0.25, -0.2) is 4.39 Å². The van der Waals surface area contributed by atoms with Gasteiger partial charge in [-0.05, 0) is 36.5 Å². The molecule has 1 aliphatic rings. The molecule has 0 N–H and O–H groups in total. The Balaban J connectivity index is 2.04. The number of alkyl halides is 1. The molecule has 0 radical (unpaired) electrons. The van der Waals surface area contributed by atoms with Gasteiger partial charge in [-0.15, -0.1) is 11.6 Å². The average Bonchev–Trinajstić information content (AvgIpc) is 2.57. The van der Waals surface area contributed by atoms with Gasteiger partial charge >= 0.3 is 0 Å². The molecule has 0 saturated heterocycles. The Morgan fingerprint density at radius 1 is 1.00 bits per heavy atom. The van der Waals surface area contributed by atoms with E-state index >= 15 is 0 Å². The molecule has 0 spiro atoms. The summed E-state index contributed by atoms with van der Waals surface area (Å²) < 4.78 is 12.8. The van der Waals surface area contributed by atoms with E-state index in [1.54, 1.807) is 0 Å². The van der Waals surface area contributed by atoms with E-state index in [1.807, 2.05) is 12.1 Å². The molecule has 1 saturated carbocycles. The maximum atomic E-state index is 12.8. The van der Waals surface area contributed by atoms with Gasteiger partial charge in [-0.3, -0.25) is 0 Å². The molecule has 2 rings (SSSR count). The molecular formula is C14H18ClF. The van der Waals surface area contributed by atoms with Crippen molar-refractivity contribution in [3.8, 4) is 0 Å². The maximum Gasteiger partial charge on any atom is 0.123 e. The molecule has 0 aromatic heterocycles. The normalized spacial score (nSPS) is 20.4. The fourth-order valence-electron chi connectivity index (χ4n) is 2.52. The Morgan fingerprint density at radius 2 is 1.56 bits per heavy atom. The van der Waals surface area contributed by atoms with Crippen molar-refractivity contribution in [1.82, 2.24) is 0 Å². The van der Waals surface area contributed by atoms with Crippen molar-refractivity contribution in [2.24, 2.45) is 5.92 Å². The second-order valence-corrected chi connectivity index (χ2v) is 5.18. The van der Waals surface area contributed by atoms with Crippen molar-refractivity contribution < 1.29 is 4.39 Å². The van der Waals surface area contributed by atoms with E-state index in [0.717, 1.165) is 5.56 Å². The van der Waals surface area contributed by atoms with Crippen molar-refractivity contribution in [2.45, 2.75) is 43.9 Å². The summed E-state index contributed by atoms with van der Waals surface area (Å²) in [5.41, 5.74) is 1.06. The monoisotopic (exact) mass is 240 g/mol. The molecule has 0 bridgehead atoms. The smallest absolute Gasteiger partial charge is 0.123 e. The highest BCUT2D eigenvalue weighted by Gasteiger charge is 2.22. The summed E-state index contributed by atoms with van der Waals surface area (Å²) >= 11 is 6.49. The van der Waals surface area contributed by atoms with Crippen LogP contribution < -0.4 is 0 Å². The average molecular weight is 241 g/mol. The number of hydrogen-bond donors (Lipinski definition) is 0. The molecule has 1 unspecified atom stereocenters. The van der Waals surface area contributed by atoms with Crippen LogP contribution in [-0.2, 0) is 0 Å². The van der Waals surface area contributed by atoms with Gasteiger partial charge in [0.2, 0.25) is 0 Å². The number of hydrogen-bond acceptors (Lipinski definition) is 0. The van der Waals surface area contributed by atoms with E-state index in [2.05, 4.69) is 0 Å². The van der Waals surface area contributed by atoms with Crippen molar-refractivity contribution in [2.75, 3.05) is 0 Å². The van der Waals surface area contributed by atoms with E-state index in [-0.39, 0.29) is 11.2 Å². The second-order valence-electron chi connectivity index (χ2n) is 4.70. The molecule has 2 heteroatoms. The third-order valence-corrected chi connectivity index (χ3v) is 4.11. The molecule has 1 aromatic rings. The lowest BCUT2D eigenvalue weighted by molar-refractivity contribution is 0.444. The molecule has 88 valence electrons. The van der Waals surface area contributed by atoms with Gasteiger partial charge in [-0.1, -0.05) is 37.8 Å². The largest absolute Gasteiger partial charge is 0.207 e. The van der Waals surface area contributed by atoms with Crippen LogP contribution in [0.15, 0.2) is 24.3 Å². The minimum atomic E-state index is -0.187. The highest BCUT2D eigenvalue weighted by atomic mass is 35.5. The summed E-state index contributed by atoms with van der Waals surface area (Å²) in [6, 6.07) is 6.64. The standard InChI is InChI=1S/C14H18ClF/c15-14(11-5-3-1-2-4-6-11)12-7-9-13(16)10-8-12/h7-11,14H,1-6H2. The van der Waals surface area contributed by atoms with Crippen molar-refractivity contribution in [1.29, 1.82) is 0 Å². The van der Waals surface area contributed by atoms with Crippen LogP contribution in [0.25, 0.3) is 0 Å². The van der Waals surface area contributed by atoms with Crippen LogP contribution in [0.4, 0.5) is 4.39 Å². The van der Waals surface area contributed by atoms with E-state index in [4.69, 9.17) is 11.6 Å². The lowest BCUT2D eigenvalue weighted by Gasteiger charge is -2.20. The van der Waals surface area contributed by atoms with E-state index < -0.39 is 0 Å². The summed E-state index contributed by atoms with van der Waals surface area (Å²) in [5.74, 6) is 0.378. The van der Waals surface area contributed by atoms with Gasteiger partial charge < -0.3 is 0 Å².